The topological polar surface area (TPSA) is 52.0 Å². The fourth-order valence-electron chi connectivity index (χ4n) is 0.266. The molecule has 0 saturated heterocycles. The third kappa shape index (κ3) is 8.92. The standard InChI is InChI=1S/C4H13N2PS2/c1-4(2)3-9-7(5,6)8/h4H,3H2,1-2H3,(H4,5,6,8). The molecular weight excluding hydrogens is 171 g/mol. The summed E-state index contributed by atoms with van der Waals surface area (Å²) in [4.78, 5) is 0. The fraction of sp³-hybridized carbons (Fsp3) is 1.00. The summed E-state index contributed by atoms with van der Waals surface area (Å²) in [6.07, 6.45) is 0. The van der Waals surface area contributed by atoms with E-state index in [2.05, 4.69) is 13.8 Å². The third-order valence-electron chi connectivity index (χ3n) is 0.610. The number of hydrogen-bond acceptors (Lipinski definition) is 2. The lowest BCUT2D eigenvalue weighted by atomic mass is 10.3. The van der Waals surface area contributed by atoms with Crippen molar-refractivity contribution in [1.29, 1.82) is 0 Å². The quantitative estimate of drug-likeness (QED) is 0.653. The van der Waals surface area contributed by atoms with Gasteiger partial charge in [-0.05, 0) is 5.92 Å². The van der Waals surface area contributed by atoms with Gasteiger partial charge in [0.05, 0.1) is 0 Å². The van der Waals surface area contributed by atoms with Crippen LogP contribution in [0, 0.1) is 5.92 Å². The molecule has 0 aromatic rings. The summed E-state index contributed by atoms with van der Waals surface area (Å²) in [7, 11) is 0. The van der Waals surface area contributed by atoms with Crippen LogP contribution in [0.1, 0.15) is 13.8 Å². The molecule has 0 bridgehead atoms. The smallest absolute Gasteiger partial charge is 0.122 e. The Balaban J connectivity index is 3.40. The van der Waals surface area contributed by atoms with Crippen LogP contribution in [0.3, 0.4) is 0 Å². The summed E-state index contributed by atoms with van der Waals surface area (Å²) in [5.41, 5.74) is 8.93. The highest BCUT2D eigenvalue weighted by Gasteiger charge is 2.04. The van der Waals surface area contributed by atoms with Crippen LogP contribution in [0.4, 0.5) is 0 Å². The minimum atomic E-state index is -1.97. The summed E-state index contributed by atoms with van der Waals surface area (Å²) in [6, 6.07) is 0. The van der Waals surface area contributed by atoms with Gasteiger partial charge in [0, 0.05) is 5.75 Å². The fourth-order valence-corrected chi connectivity index (χ4v) is 2.94. The molecule has 0 spiro atoms. The molecule has 2 nitrogen and oxygen atoms in total. The van der Waals surface area contributed by atoms with Gasteiger partial charge < -0.3 is 0 Å². The van der Waals surface area contributed by atoms with Crippen LogP contribution in [0.25, 0.3) is 0 Å². The van der Waals surface area contributed by atoms with Gasteiger partial charge in [-0.3, -0.25) is 11.0 Å². The molecule has 0 rings (SSSR count). The maximum Gasteiger partial charge on any atom is 0.122 e. The summed E-state index contributed by atoms with van der Waals surface area (Å²) in [5, 5.41) is 0. The molecule has 0 aliphatic heterocycles. The molecule has 0 aliphatic rings. The molecular formula is C4H13N2PS2. The average Bonchev–Trinajstić information content (AvgIpc) is 1.59. The number of nitrogens with two attached hydrogens (primary N) is 2. The Bertz CT molecular complexity index is 120. The summed E-state index contributed by atoms with van der Waals surface area (Å²) in [6.45, 7) is 4.25. The van der Waals surface area contributed by atoms with Crippen molar-refractivity contribution in [1.82, 2.24) is 0 Å². The second kappa shape index (κ2) is 3.94. The second-order valence-corrected chi connectivity index (χ2v) is 9.31. The van der Waals surface area contributed by atoms with Gasteiger partial charge in [0.25, 0.3) is 0 Å². The van der Waals surface area contributed by atoms with E-state index in [4.69, 9.17) is 22.8 Å². The highest BCUT2D eigenvalue weighted by molar-refractivity contribution is 8.69. The van der Waals surface area contributed by atoms with Crippen LogP contribution in [0.5, 0.6) is 0 Å². The van der Waals surface area contributed by atoms with Crippen molar-refractivity contribution in [2.24, 2.45) is 16.9 Å². The van der Waals surface area contributed by atoms with Crippen molar-refractivity contribution in [3.8, 4) is 0 Å². The molecule has 0 aromatic heterocycles. The van der Waals surface area contributed by atoms with Gasteiger partial charge in [-0.15, -0.1) is 0 Å². The van der Waals surface area contributed by atoms with Crippen molar-refractivity contribution >= 4 is 28.7 Å². The molecule has 0 radical (unpaired) electrons. The van der Waals surface area contributed by atoms with Crippen LogP contribution in [-0.2, 0) is 11.8 Å². The van der Waals surface area contributed by atoms with Gasteiger partial charge in [-0.1, -0.05) is 37.0 Å². The van der Waals surface area contributed by atoms with E-state index in [0.717, 1.165) is 5.75 Å². The molecule has 0 unspecified atom stereocenters. The van der Waals surface area contributed by atoms with Crippen LogP contribution in [-0.4, -0.2) is 5.75 Å². The van der Waals surface area contributed by atoms with Crippen molar-refractivity contribution in [3.63, 3.8) is 0 Å². The first-order valence-corrected chi connectivity index (χ1v) is 7.26. The lowest BCUT2D eigenvalue weighted by Crippen LogP contribution is -2.02. The van der Waals surface area contributed by atoms with Crippen molar-refractivity contribution in [2.45, 2.75) is 13.8 Å². The van der Waals surface area contributed by atoms with E-state index in [1.54, 1.807) is 0 Å². The Morgan fingerprint density at radius 2 is 2.00 bits per heavy atom. The van der Waals surface area contributed by atoms with Gasteiger partial charge in [-0.2, -0.15) is 0 Å². The lowest BCUT2D eigenvalue weighted by Gasteiger charge is -2.10. The molecule has 0 aliphatic carbocycles. The van der Waals surface area contributed by atoms with Crippen molar-refractivity contribution < 1.29 is 0 Å². The van der Waals surface area contributed by atoms with Gasteiger partial charge in [0.15, 0.2) is 0 Å². The van der Waals surface area contributed by atoms with Crippen LogP contribution >= 0.6 is 16.9 Å². The van der Waals surface area contributed by atoms with E-state index in [0.29, 0.717) is 5.92 Å². The number of rotatable bonds is 3. The lowest BCUT2D eigenvalue weighted by molar-refractivity contribution is 0.752. The molecule has 0 atom stereocenters. The van der Waals surface area contributed by atoms with Crippen LogP contribution in [0.15, 0.2) is 0 Å². The van der Waals surface area contributed by atoms with Crippen molar-refractivity contribution in [3.05, 3.63) is 0 Å². The molecule has 4 N–H and O–H groups in total. The van der Waals surface area contributed by atoms with Crippen LogP contribution < -0.4 is 11.0 Å². The second-order valence-electron chi connectivity index (χ2n) is 2.33. The summed E-state index contributed by atoms with van der Waals surface area (Å²) >= 11 is 6.36. The SMILES string of the molecule is CC(C)CSP(N)(N)=S. The summed E-state index contributed by atoms with van der Waals surface area (Å²) < 4.78 is 0. The van der Waals surface area contributed by atoms with E-state index in [1.165, 1.54) is 11.4 Å². The maximum absolute atomic E-state index is 5.45. The van der Waals surface area contributed by atoms with Gasteiger partial charge in [0.2, 0.25) is 0 Å². The largest absolute Gasteiger partial charge is 0.283 e. The number of hydrogen-bond donors (Lipinski definition) is 2. The molecule has 5 heteroatoms. The Morgan fingerprint density at radius 1 is 1.56 bits per heavy atom. The summed E-state index contributed by atoms with van der Waals surface area (Å²) in [5.74, 6) is 1.61. The zero-order chi connectivity index (χ0) is 7.49. The molecule has 0 saturated carbocycles. The first kappa shape index (κ1) is 9.92. The zero-order valence-electron chi connectivity index (χ0n) is 5.70. The average molecular weight is 184 g/mol. The highest BCUT2D eigenvalue weighted by atomic mass is 32.9. The first-order chi connectivity index (χ1) is 3.92. The van der Waals surface area contributed by atoms with E-state index >= 15 is 0 Å². The van der Waals surface area contributed by atoms with E-state index in [-0.39, 0.29) is 0 Å². The Hall–Kier alpha value is 0.920. The molecule has 0 heterocycles. The molecule has 0 fully saturated rings. The molecule has 56 valence electrons. The monoisotopic (exact) mass is 184 g/mol. The molecule has 0 aromatic carbocycles. The van der Waals surface area contributed by atoms with E-state index in [9.17, 15) is 0 Å². The Labute approximate surface area is 65.6 Å². The minimum Gasteiger partial charge on any atom is -0.283 e. The highest BCUT2D eigenvalue weighted by Crippen LogP contribution is 2.43. The third-order valence-corrected chi connectivity index (χ3v) is 4.44. The molecule has 0 amide bonds. The van der Waals surface area contributed by atoms with Gasteiger partial charge in [0.1, 0.15) is 5.54 Å². The first-order valence-electron chi connectivity index (χ1n) is 2.73. The molecule has 9 heavy (non-hydrogen) atoms. The van der Waals surface area contributed by atoms with E-state index < -0.39 is 5.54 Å². The zero-order valence-corrected chi connectivity index (χ0v) is 8.23. The maximum atomic E-state index is 5.45. The normalized spacial score (nSPS) is 12.6. The Morgan fingerprint density at radius 3 is 2.11 bits per heavy atom. The van der Waals surface area contributed by atoms with Gasteiger partial charge >= 0.3 is 0 Å². The van der Waals surface area contributed by atoms with Crippen molar-refractivity contribution in [2.75, 3.05) is 5.75 Å². The van der Waals surface area contributed by atoms with E-state index in [1.807, 2.05) is 0 Å². The minimum absolute atomic E-state index is 0.629. The van der Waals surface area contributed by atoms with Gasteiger partial charge in [-0.25, -0.2) is 0 Å². The van der Waals surface area contributed by atoms with Crippen LogP contribution in [0.2, 0.25) is 0 Å². The predicted molar refractivity (Wildman–Crippen MR) is 50.0 cm³/mol. The Kier molecular flexibility index (Phi) is 4.34. The predicted octanol–water partition coefficient (Wildman–Crippen LogP) is 1.52.